The lowest BCUT2D eigenvalue weighted by Crippen LogP contribution is -2.19. The van der Waals surface area contributed by atoms with E-state index in [2.05, 4.69) is 28.6 Å². The number of benzene rings is 2. The van der Waals surface area contributed by atoms with Crippen molar-refractivity contribution in [3.8, 4) is 22.8 Å². The fourth-order valence-corrected chi connectivity index (χ4v) is 3.80. The monoisotopic (exact) mass is 406 g/mol. The zero-order valence-corrected chi connectivity index (χ0v) is 18.0. The van der Waals surface area contributed by atoms with Crippen LogP contribution in [0, 0.1) is 13.8 Å². The van der Waals surface area contributed by atoms with Crippen LogP contribution in [0.15, 0.2) is 47.7 Å². The molecule has 0 N–H and O–H groups in total. The Kier molecular flexibility index (Phi) is 5.11. The highest BCUT2D eigenvalue weighted by Crippen LogP contribution is 2.29. The van der Waals surface area contributed by atoms with Gasteiger partial charge in [0.2, 0.25) is 0 Å². The van der Waals surface area contributed by atoms with Gasteiger partial charge in [0.25, 0.3) is 0 Å². The minimum Gasteiger partial charge on any atom is -0.493 e. The van der Waals surface area contributed by atoms with Gasteiger partial charge in [0.15, 0.2) is 11.5 Å². The van der Waals surface area contributed by atoms with Crippen molar-refractivity contribution in [2.45, 2.75) is 20.4 Å². The van der Waals surface area contributed by atoms with Crippen LogP contribution in [0.2, 0.25) is 0 Å². The predicted molar refractivity (Wildman–Crippen MR) is 117 cm³/mol. The Balaban J connectivity index is 1.60. The lowest BCUT2D eigenvalue weighted by atomic mass is 10.0. The van der Waals surface area contributed by atoms with Crippen molar-refractivity contribution in [2.75, 3.05) is 13.7 Å². The van der Waals surface area contributed by atoms with Gasteiger partial charge in [-0.2, -0.15) is 0 Å². The first-order valence-electron chi connectivity index (χ1n) is 9.84. The molecule has 156 valence electrons. The Morgan fingerprint density at radius 1 is 1.00 bits per heavy atom. The first-order chi connectivity index (χ1) is 14.4. The molecule has 0 fully saturated rings. The number of ether oxygens (including phenoxy) is 2. The third-order valence-corrected chi connectivity index (χ3v) is 5.52. The number of methoxy groups -OCH3 is 1. The molecule has 30 heavy (non-hydrogen) atoms. The van der Waals surface area contributed by atoms with Crippen molar-refractivity contribution < 1.29 is 9.47 Å². The second-order valence-corrected chi connectivity index (χ2v) is 7.53. The summed E-state index contributed by atoms with van der Waals surface area (Å²) < 4.78 is 16.8. The molecule has 0 saturated carbocycles. The minimum absolute atomic E-state index is 0.0319. The quantitative estimate of drug-likeness (QED) is 0.492. The summed E-state index contributed by atoms with van der Waals surface area (Å²) >= 11 is 0. The van der Waals surface area contributed by atoms with E-state index in [1.165, 1.54) is 0 Å². The molecule has 0 atom stereocenters. The molecule has 2 aromatic carbocycles. The first-order valence-corrected chi connectivity index (χ1v) is 9.84. The molecule has 2 heterocycles. The summed E-state index contributed by atoms with van der Waals surface area (Å²) in [7, 11) is 5.24. The zero-order chi connectivity index (χ0) is 21.4. The van der Waals surface area contributed by atoms with Crippen LogP contribution in [0.1, 0.15) is 11.1 Å². The van der Waals surface area contributed by atoms with E-state index in [1.54, 1.807) is 36.7 Å². The van der Waals surface area contributed by atoms with Crippen LogP contribution < -0.4 is 15.2 Å². The van der Waals surface area contributed by atoms with E-state index in [9.17, 15) is 4.79 Å². The molecule has 0 saturated heterocycles. The van der Waals surface area contributed by atoms with Crippen LogP contribution in [0.25, 0.3) is 22.3 Å². The summed E-state index contributed by atoms with van der Waals surface area (Å²) in [5.41, 5.74) is 6.04. The van der Waals surface area contributed by atoms with Gasteiger partial charge in [0.1, 0.15) is 6.61 Å². The molecule has 0 radical (unpaired) electrons. The second-order valence-electron chi connectivity index (χ2n) is 7.53. The van der Waals surface area contributed by atoms with Gasteiger partial charge in [-0.25, -0.2) is 9.78 Å². The van der Waals surface area contributed by atoms with Crippen molar-refractivity contribution in [1.82, 2.24) is 18.7 Å². The van der Waals surface area contributed by atoms with Crippen molar-refractivity contribution in [1.29, 1.82) is 0 Å². The fourth-order valence-electron chi connectivity index (χ4n) is 3.80. The number of imidazole rings is 2. The molecular weight excluding hydrogens is 380 g/mol. The summed E-state index contributed by atoms with van der Waals surface area (Å²) in [6.45, 7) is 5.19. The molecular formula is C23H26N4O3. The van der Waals surface area contributed by atoms with Gasteiger partial charge in [-0.1, -0.05) is 6.07 Å². The molecule has 0 spiro atoms. The Morgan fingerprint density at radius 2 is 1.73 bits per heavy atom. The summed E-state index contributed by atoms with van der Waals surface area (Å²) in [5.74, 6) is 1.45. The minimum atomic E-state index is -0.0319. The van der Waals surface area contributed by atoms with Crippen LogP contribution >= 0.6 is 0 Å². The van der Waals surface area contributed by atoms with E-state index >= 15 is 0 Å². The van der Waals surface area contributed by atoms with Gasteiger partial charge in [-0.05, 0) is 49.2 Å². The predicted octanol–water partition coefficient (Wildman–Crippen LogP) is 3.44. The van der Waals surface area contributed by atoms with E-state index in [-0.39, 0.29) is 5.69 Å². The van der Waals surface area contributed by atoms with Crippen LogP contribution in [-0.2, 0) is 20.6 Å². The van der Waals surface area contributed by atoms with Crippen LogP contribution in [0.3, 0.4) is 0 Å². The van der Waals surface area contributed by atoms with Gasteiger partial charge in [0.05, 0.1) is 42.9 Å². The number of fused-ring (bicyclic) bond motifs is 1. The van der Waals surface area contributed by atoms with Gasteiger partial charge in [-0.15, -0.1) is 0 Å². The average Bonchev–Trinajstić information content (AvgIpc) is 3.28. The SMILES string of the molecule is COc1cc(C)ccc1OCCn1cncc1-c1cc2c(cc1C)n(C)c(=O)n2C. The lowest BCUT2D eigenvalue weighted by Gasteiger charge is -2.14. The number of hydrogen-bond donors (Lipinski definition) is 0. The zero-order valence-electron chi connectivity index (χ0n) is 18.0. The fraction of sp³-hybridized carbons (Fsp3) is 0.304. The Labute approximate surface area is 175 Å². The molecule has 4 aromatic rings. The molecule has 0 aliphatic rings. The van der Waals surface area contributed by atoms with Gasteiger partial charge in [0, 0.05) is 19.7 Å². The molecule has 7 heteroatoms. The first kappa shape index (κ1) is 19.8. The average molecular weight is 406 g/mol. The highest BCUT2D eigenvalue weighted by Gasteiger charge is 2.14. The van der Waals surface area contributed by atoms with Crippen LogP contribution in [0.5, 0.6) is 11.5 Å². The van der Waals surface area contributed by atoms with Crippen LogP contribution in [0.4, 0.5) is 0 Å². The molecule has 0 bridgehead atoms. The molecule has 2 aromatic heterocycles. The molecule has 0 aliphatic heterocycles. The Hall–Kier alpha value is -3.48. The molecule has 0 unspecified atom stereocenters. The molecule has 7 nitrogen and oxygen atoms in total. The highest BCUT2D eigenvalue weighted by atomic mass is 16.5. The summed E-state index contributed by atoms with van der Waals surface area (Å²) in [4.78, 5) is 16.6. The number of hydrogen-bond acceptors (Lipinski definition) is 4. The maximum Gasteiger partial charge on any atom is 0.328 e. The second kappa shape index (κ2) is 7.74. The van der Waals surface area contributed by atoms with Crippen molar-refractivity contribution in [3.63, 3.8) is 0 Å². The lowest BCUT2D eigenvalue weighted by molar-refractivity contribution is 0.280. The molecule has 4 rings (SSSR count). The summed E-state index contributed by atoms with van der Waals surface area (Å²) in [6, 6.07) is 10.0. The Morgan fingerprint density at radius 3 is 2.47 bits per heavy atom. The third kappa shape index (κ3) is 3.36. The van der Waals surface area contributed by atoms with E-state index in [0.717, 1.165) is 44.9 Å². The maximum absolute atomic E-state index is 12.3. The van der Waals surface area contributed by atoms with Gasteiger partial charge >= 0.3 is 5.69 Å². The van der Waals surface area contributed by atoms with Crippen molar-refractivity contribution in [3.05, 3.63) is 64.5 Å². The number of rotatable bonds is 6. The van der Waals surface area contributed by atoms with Gasteiger partial charge < -0.3 is 14.0 Å². The van der Waals surface area contributed by atoms with Gasteiger partial charge in [-0.3, -0.25) is 9.13 Å². The van der Waals surface area contributed by atoms with Crippen LogP contribution in [-0.4, -0.2) is 32.4 Å². The highest BCUT2D eigenvalue weighted by molar-refractivity contribution is 5.84. The third-order valence-electron chi connectivity index (χ3n) is 5.52. The summed E-state index contributed by atoms with van der Waals surface area (Å²) in [6.07, 6.45) is 3.65. The van der Waals surface area contributed by atoms with Crippen molar-refractivity contribution in [2.24, 2.45) is 14.1 Å². The molecule has 0 amide bonds. The maximum atomic E-state index is 12.3. The number of aromatic nitrogens is 4. The van der Waals surface area contributed by atoms with E-state index < -0.39 is 0 Å². The van der Waals surface area contributed by atoms with Crippen molar-refractivity contribution >= 4 is 11.0 Å². The summed E-state index contributed by atoms with van der Waals surface area (Å²) in [5, 5.41) is 0. The van der Waals surface area contributed by atoms with E-state index in [1.807, 2.05) is 31.3 Å². The largest absolute Gasteiger partial charge is 0.493 e. The number of nitrogens with zero attached hydrogens (tertiary/aromatic N) is 4. The Bertz CT molecular complexity index is 1280. The van der Waals surface area contributed by atoms with E-state index in [0.29, 0.717) is 13.2 Å². The van der Waals surface area contributed by atoms with E-state index in [4.69, 9.17) is 9.47 Å². The smallest absolute Gasteiger partial charge is 0.328 e. The normalized spacial score (nSPS) is 11.2. The molecule has 0 aliphatic carbocycles. The standard InChI is InChI=1S/C23H26N4O3/c1-15-6-7-21(22(10-15)29-5)30-9-8-27-14-24-13-20(27)17-12-19-18(11-16(17)2)25(3)23(28)26(19)4/h6-7,10-14H,8-9H2,1-5H3. The topological polar surface area (TPSA) is 63.2 Å². The number of aryl methyl sites for hydroxylation is 4.